The Bertz CT molecular complexity index is 376. The Hall–Kier alpha value is -1.14. The lowest BCUT2D eigenvalue weighted by Gasteiger charge is -2.36. The van der Waals surface area contributed by atoms with E-state index in [2.05, 4.69) is 10.2 Å². The largest absolute Gasteiger partial charge is 0.373 e. The van der Waals surface area contributed by atoms with Crippen molar-refractivity contribution in [3.05, 3.63) is 0 Å². The fourth-order valence-corrected chi connectivity index (χ4v) is 2.94. The van der Waals surface area contributed by atoms with Crippen LogP contribution >= 0.6 is 0 Å². The summed E-state index contributed by atoms with van der Waals surface area (Å²) in [7, 11) is 0. The molecule has 20 heavy (non-hydrogen) atoms. The van der Waals surface area contributed by atoms with Gasteiger partial charge in [0, 0.05) is 13.1 Å². The molecule has 6 nitrogen and oxygen atoms in total. The monoisotopic (exact) mass is 283 g/mol. The molecule has 3 amide bonds. The lowest BCUT2D eigenvalue weighted by atomic mass is 10.0. The van der Waals surface area contributed by atoms with Gasteiger partial charge in [-0.2, -0.15) is 0 Å². The average Bonchev–Trinajstić information content (AvgIpc) is 2.55. The van der Waals surface area contributed by atoms with Gasteiger partial charge in [-0.05, 0) is 26.2 Å². The molecule has 2 saturated heterocycles. The van der Waals surface area contributed by atoms with E-state index in [-0.39, 0.29) is 30.2 Å². The Morgan fingerprint density at radius 3 is 2.40 bits per heavy atom. The zero-order valence-corrected chi connectivity index (χ0v) is 12.8. The number of hydrogen-bond donors (Lipinski definition) is 1. The second-order valence-electron chi connectivity index (χ2n) is 6.33. The van der Waals surface area contributed by atoms with Gasteiger partial charge in [0.15, 0.2) is 0 Å². The van der Waals surface area contributed by atoms with Gasteiger partial charge in [-0.3, -0.25) is 9.69 Å². The van der Waals surface area contributed by atoms with E-state index in [1.165, 1.54) is 4.90 Å². The van der Waals surface area contributed by atoms with Crippen LogP contribution in [0.2, 0.25) is 0 Å². The van der Waals surface area contributed by atoms with E-state index in [0.717, 1.165) is 13.1 Å². The molecule has 0 spiro atoms. The molecule has 2 heterocycles. The molecule has 0 aromatic heterocycles. The second-order valence-corrected chi connectivity index (χ2v) is 6.33. The second kappa shape index (κ2) is 6.10. The Morgan fingerprint density at radius 2 is 1.85 bits per heavy atom. The zero-order valence-electron chi connectivity index (χ0n) is 12.8. The summed E-state index contributed by atoms with van der Waals surface area (Å²) in [4.78, 5) is 27.7. The fraction of sp³-hybridized carbons (Fsp3) is 0.857. The van der Waals surface area contributed by atoms with Crippen LogP contribution < -0.4 is 5.32 Å². The Balaban J connectivity index is 1.95. The van der Waals surface area contributed by atoms with Gasteiger partial charge < -0.3 is 10.1 Å². The molecule has 2 aliphatic heterocycles. The molecule has 0 saturated carbocycles. The van der Waals surface area contributed by atoms with E-state index in [4.69, 9.17) is 4.74 Å². The molecule has 0 unspecified atom stereocenters. The van der Waals surface area contributed by atoms with Crippen LogP contribution in [0.15, 0.2) is 0 Å². The van der Waals surface area contributed by atoms with Crippen molar-refractivity contribution < 1.29 is 14.3 Å². The molecule has 2 fully saturated rings. The first-order valence-corrected chi connectivity index (χ1v) is 7.36. The summed E-state index contributed by atoms with van der Waals surface area (Å²) < 4.78 is 5.66. The zero-order chi connectivity index (χ0) is 14.9. The summed E-state index contributed by atoms with van der Waals surface area (Å²) in [6.45, 7) is 9.97. The van der Waals surface area contributed by atoms with Crippen molar-refractivity contribution in [2.45, 2.75) is 52.4 Å². The molecule has 2 rings (SSSR count). The standard InChI is InChI=1S/C14H25N3O3/c1-9(2)5-12-13(18)17(14(19)15-12)8-16-6-10(3)20-11(4)7-16/h9-12H,5-8H2,1-4H3,(H,15,19)/t10-,11-,12+/m1/s1. The van der Waals surface area contributed by atoms with Crippen LogP contribution in [0.1, 0.15) is 34.1 Å². The van der Waals surface area contributed by atoms with E-state index in [0.29, 0.717) is 19.0 Å². The molecule has 114 valence electrons. The highest BCUT2D eigenvalue weighted by molar-refractivity contribution is 6.04. The quantitative estimate of drug-likeness (QED) is 0.783. The van der Waals surface area contributed by atoms with Crippen LogP contribution in [-0.2, 0) is 9.53 Å². The topological polar surface area (TPSA) is 61.9 Å². The highest BCUT2D eigenvalue weighted by atomic mass is 16.5. The van der Waals surface area contributed by atoms with Gasteiger partial charge in [-0.15, -0.1) is 0 Å². The molecular formula is C14H25N3O3. The first-order chi connectivity index (χ1) is 9.36. The van der Waals surface area contributed by atoms with Gasteiger partial charge in [0.25, 0.3) is 5.91 Å². The average molecular weight is 283 g/mol. The third-order valence-corrected chi connectivity index (χ3v) is 3.65. The van der Waals surface area contributed by atoms with Crippen LogP contribution in [0.4, 0.5) is 4.79 Å². The lowest BCUT2D eigenvalue weighted by molar-refractivity contribution is -0.132. The summed E-state index contributed by atoms with van der Waals surface area (Å²) in [6.07, 6.45) is 0.953. The minimum atomic E-state index is -0.363. The highest BCUT2D eigenvalue weighted by Gasteiger charge is 2.39. The van der Waals surface area contributed by atoms with Crippen molar-refractivity contribution in [1.82, 2.24) is 15.1 Å². The third-order valence-electron chi connectivity index (χ3n) is 3.65. The molecule has 2 aliphatic rings. The Morgan fingerprint density at radius 1 is 1.25 bits per heavy atom. The van der Waals surface area contributed by atoms with Gasteiger partial charge in [0.2, 0.25) is 0 Å². The fourth-order valence-electron chi connectivity index (χ4n) is 2.94. The van der Waals surface area contributed by atoms with Crippen molar-refractivity contribution in [3.63, 3.8) is 0 Å². The molecule has 3 atom stereocenters. The molecule has 0 bridgehead atoms. The van der Waals surface area contributed by atoms with E-state index in [1.54, 1.807) is 0 Å². The number of imide groups is 1. The SMILES string of the molecule is CC(C)C[C@@H]1NC(=O)N(CN2C[C@@H](C)O[C@H](C)C2)C1=O. The van der Waals surface area contributed by atoms with Gasteiger partial charge in [0.1, 0.15) is 6.04 Å². The minimum Gasteiger partial charge on any atom is -0.373 e. The summed E-state index contributed by atoms with van der Waals surface area (Å²) in [5, 5.41) is 2.78. The van der Waals surface area contributed by atoms with Gasteiger partial charge in [-0.25, -0.2) is 9.69 Å². The number of nitrogens with one attached hydrogen (secondary N) is 1. The van der Waals surface area contributed by atoms with E-state index >= 15 is 0 Å². The predicted molar refractivity (Wildman–Crippen MR) is 75.1 cm³/mol. The number of urea groups is 1. The number of amides is 3. The highest BCUT2D eigenvalue weighted by Crippen LogP contribution is 2.17. The maximum Gasteiger partial charge on any atom is 0.325 e. The summed E-state index contributed by atoms with van der Waals surface area (Å²) in [5.74, 6) is 0.281. The molecule has 0 aromatic rings. The van der Waals surface area contributed by atoms with Crippen molar-refractivity contribution in [3.8, 4) is 0 Å². The molecule has 6 heteroatoms. The first-order valence-electron chi connectivity index (χ1n) is 7.36. The first kappa shape index (κ1) is 15.3. The van der Waals surface area contributed by atoms with Crippen LogP contribution in [0, 0.1) is 5.92 Å². The maximum atomic E-state index is 12.3. The lowest BCUT2D eigenvalue weighted by Crippen LogP contribution is -2.51. The Kier molecular flexibility index (Phi) is 4.65. The number of nitrogens with zero attached hydrogens (tertiary/aromatic N) is 2. The van der Waals surface area contributed by atoms with Crippen molar-refractivity contribution in [1.29, 1.82) is 0 Å². The van der Waals surface area contributed by atoms with E-state index in [9.17, 15) is 9.59 Å². The van der Waals surface area contributed by atoms with Crippen molar-refractivity contribution >= 4 is 11.9 Å². The van der Waals surface area contributed by atoms with Crippen LogP contribution in [0.25, 0.3) is 0 Å². The summed E-state index contributed by atoms with van der Waals surface area (Å²) in [5.41, 5.74) is 0. The molecule has 0 radical (unpaired) electrons. The smallest absolute Gasteiger partial charge is 0.325 e. The third kappa shape index (κ3) is 3.49. The number of carbonyl (C=O) groups excluding carboxylic acids is 2. The van der Waals surface area contributed by atoms with Gasteiger partial charge in [-0.1, -0.05) is 13.8 Å². The number of carbonyl (C=O) groups is 2. The Labute approximate surface area is 120 Å². The van der Waals surface area contributed by atoms with Crippen molar-refractivity contribution in [2.75, 3.05) is 19.8 Å². The van der Waals surface area contributed by atoms with Gasteiger partial charge >= 0.3 is 6.03 Å². The normalized spacial score (nSPS) is 32.0. The van der Waals surface area contributed by atoms with Crippen LogP contribution in [0.3, 0.4) is 0 Å². The summed E-state index contributed by atoms with van der Waals surface area (Å²) >= 11 is 0. The number of hydrogen-bond acceptors (Lipinski definition) is 4. The minimum absolute atomic E-state index is 0.101. The van der Waals surface area contributed by atoms with E-state index in [1.807, 2.05) is 27.7 Å². The molecule has 0 aromatic carbocycles. The van der Waals surface area contributed by atoms with Gasteiger partial charge in [0.05, 0.1) is 18.9 Å². The van der Waals surface area contributed by atoms with Crippen LogP contribution in [-0.4, -0.2) is 59.7 Å². The van der Waals surface area contributed by atoms with E-state index < -0.39 is 0 Å². The van der Waals surface area contributed by atoms with Crippen LogP contribution in [0.5, 0.6) is 0 Å². The number of morpholine rings is 1. The maximum absolute atomic E-state index is 12.3. The number of ether oxygens (including phenoxy) is 1. The molecular weight excluding hydrogens is 258 g/mol. The van der Waals surface area contributed by atoms with Crippen molar-refractivity contribution in [2.24, 2.45) is 5.92 Å². The molecule has 0 aliphatic carbocycles. The summed E-state index contributed by atoms with van der Waals surface area (Å²) in [6, 6.07) is -0.633. The predicted octanol–water partition coefficient (Wildman–Crippen LogP) is 1.02. The number of rotatable bonds is 4. The molecule has 1 N–H and O–H groups in total.